The molecule has 2 rings (SSSR count). The summed E-state index contributed by atoms with van der Waals surface area (Å²) >= 11 is 6.40. The van der Waals surface area contributed by atoms with Crippen LogP contribution in [0.5, 0.6) is 5.75 Å². The van der Waals surface area contributed by atoms with E-state index < -0.39 is 11.3 Å². The molecule has 0 heterocycles. The molecule has 1 amide bonds. The van der Waals surface area contributed by atoms with Crippen LogP contribution in [0.4, 0.5) is 0 Å². The fraction of sp³-hybridized carbons (Fsp3) is 0.476. The zero-order valence-corrected chi connectivity index (χ0v) is 17.1. The zero-order valence-electron chi connectivity index (χ0n) is 16.3. The molecule has 6 heteroatoms. The molecular formula is C21H24ClNO4. The predicted octanol–water partition coefficient (Wildman–Crippen LogP) is 3.22. The van der Waals surface area contributed by atoms with Gasteiger partial charge in [0.1, 0.15) is 23.2 Å². The molecule has 27 heavy (non-hydrogen) atoms. The molecule has 0 atom stereocenters. The number of carbonyl (C=O) groups is 3. The van der Waals surface area contributed by atoms with Crippen molar-refractivity contribution in [2.24, 2.45) is 5.41 Å². The third-order valence-corrected chi connectivity index (χ3v) is 5.39. The third-order valence-electron chi connectivity index (χ3n) is 5.08. The van der Waals surface area contributed by atoms with Crippen molar-refractivity contribution >= 4 is 29.1 Å². The lowest BCUT2D eigenvalue weighted by molar-refractivity contribution is -0.151. The van der Waals surface area contributed by atoms with Crippen molar-refractivity contribution in [1.29, 1.82) is 0 Å². The molecule has 1 aromatic carbocycles. The Kier molecular flexibility index (Phi) is 6.33. The van der Waals surface area contributed by atoms with Crippen molar-refractivity contribution in [3.05, 3.63) is 28.3 Å². The minimum atomic E-state index is -1.02. The van der Waals surface area contributed by atoms with Crippen molar-refractivity contribution in [2.75, 3.05) is 21.2 Å². The van der Waals surface area contributed by atoms with E-state index >= 15 is 0 Å². The summed E-state index contributed by atoms with van der Waals surface area (Å²) in [6, 6.07) is 3.30. The summed E-state index contributed by atoms with van der Waals surface area (Å²) in [5, 5.41) is 0.265. The van der Waals surface area contributed by atoms with E-state index in [0.717, 1.165) is 0 Å². The van der Waals surface area contributed by atoms with E-state index in [-0.39, 0.29) is 35.3 Å². The molecule has 5 nitrogen and oxygen atoms in total. The van der Waals surface area contributed by atoms with Crippen LogP contribution >= 0.6 is 11.6 Å². The number of ether oxygens (including phenoxy) is 1. The van der Waals surface area contributed by atoms with Crippen molar-refractivity contribution in [3.63, 3.8) is 0 Å². The summed E-state index contributed by atoms with van der Waals surface area (Å²) in [6.07, 6.45) is 0.434. The van der Waals surface area contributed by atoms with Crippen LogP contribution in [-0.4, -0.2) is 43.6 Å². The van der Waals surface area contributed by atoms with Crippen LogP contribution in [0.25, 0.3) is 0 Å². The van der Waals surface area contributed by atoms with Gasteiger partial charge in [-0.15, -0.1) is 5.92 Å². The first-order valence-corrected chi connectivity index (χ1v) is 9.16. The molecule has 1 aromatic rings. The minimum Gasteiger partial charge on any atom is -0.496 e. The van der Waals surface area contributed by atoms with Gasteiger partial charge in [0.25, 0.3) is 0 Å². The quantitative estimate of drug-likeness (QED) is 0.586. The first-order valence-electron chi connectivity index (χ1n) is 8.78. The fourth-order valence-electron chi connectivity index (χ4n) is 3.72. The highest BCUT2D eigenvalue weighted by Gasteiger charge is 2.50. The van der Waals surface area contributed by atoms with E-state index in [9.17, 15) is 14.4 Å². The van der Waals surface area contributed by atoms with Crippen LogP contribution in [0.15, 0.2) is 12.1 Å². The van der Waals surface area contributed by atoms with Crippen LogP contribution in [0, 0.1) is 17.3 Å². The van der Waals surface area contributed by atoms with E-state index in [2.05, 4.69) is 11.8 Å². The number of benzene rings is 1. The number of hydrogen-bond donors (Lipinski definition) is 0. The Morgan fingerprint density at radius 2 is 1.89 bits per heavy atom. The number of carbonyl (C=O) groups excluding carboxylic acids is 3. The first-order chi connectivity index (χ1) is 12.7. The Hall–Kier alpha value is -2.32. The Balaban J connectivity index is 2.51. The van der Waals surface area contributed by atoms with Gasteiger partial charge in [-0.3, -0.25) is 14.4 Å². The van der Waals surface area contributed by atoms with Crippen LogP contribution in [0.3, 0.4) is 0 Å². The summed E-state index contributed by atoms with van der Waals surface area (Å²) in [7, 11) is 4.73. The molecule has 0 aromatic heterocycles. The van der Waals surface area contributed by atoms with Gasteiger partial charge in [0.05, 0.1) is 12.5 Å². The molecular weight excluding hydrogens is 366 g/mol. The number of hydrogen-bond acceptors (Lipinski definition) is 4. The van der Waals surface area contributed by atoms with E-state index in [4.69, 9.17) is 16.3 Å². The number of methoxy groups -OCH3 is 1. The molecule has 144 valence electrons. The fourth-order valence-corrected chi connectivity index (χ4v) is 4.04. The molecule has 0 saturated heterocycles. The topological polar surface area (TPSA) is 63.7 Å². The molecule has 0 spiro atoms. The maximum atomic E-state index is 13.0. The molecule has 0 unspecified atom stereocenters. The number of rotatable bonds is 4. The van der Waals surface area contributed by atoms with Crippen molar-refractivity contribution < 1.29 is 19.1 Å². The summed E-state index contributed by atoms with van der Waals surface area (Å²) in [5.74, 6) is 4.19. The van der Waals surface area contributed by atoms with Gasteiger partial charge in [-0.1, -0.05) is 24.4 Å². The average Bonchev–Trinajstić information content (AvgIpc) is 2.61. The highest BCUT2D eigenvalue weighted by molar-refractivity contribution is 6.33. The summed E-state index contributed by atoms with van der Waals surface area (Å²) in [5.41, 5.74) is 0.0175. The maximum absolute atomic E-state index is 13.0. The predicted molar refractivity (Wildman–Crippen MR) is 104 cm³/mol. The van der Waals surface area contributed by atoms with Gasteiger partial charge < -0.3 is 9.64 Å². The number of ketones is 2. The smallest absolute Gasteiger partial charge is 0.229 e. The second kappa shape index (κ2) is 8.14. The summed E-state index contributed by atoms with van der Waals surface area (Å²) in [6.45, 7) is 3.53. The lowest BCUT2D eigenvalue weighted by atomic mass is 9.65. The zero-order chi connectivity index (χ0) is 20.4. The summed E-state index contributed by atoms with van der Waals surface area (Å²) < 4.78 is 5.40. The monoisotopic (exact) mass is 389 g/mol. The first kappa shape index (κ1) is 21.0. The molecule has 0 aliphatic heterocycles. The normalized spacial score (nSPS) is 22.1. The Bertz CT molecular complexity index is 830. The van der Waals surface area contributed by atoms with Gasteiger partial charge in [0.2, 0.25) is 5.91 Å². The number of amides is 1. The highest BCUT2D eigenvalue weighted by Crippen LogP contribution is 2.46. The van der Waals surface area contributed by atoms with Gasteiger partial charge >= 0.3 is 0 Å². The van der Waals surface area contributed by atoms with Gasteiger partial charge in [-0.25, -0.2) is 0 Å². The largest absolute Gasteiger partial charge is 0.496 e. The highest BCUT2D eigenvalue weighted by atomic mass is 35.5. The SMILES string of the molecule is CC#Cc1cc(Cl)c(C2C(=O)CC(CC)(C(=O)N(C)C)CC2=O)c(OC)c1. The second-order valence-corrected chi connectivity index (χ2v) is 7.41. The number of Topliss-reactive ketones (excluding diaryl/α,β-unsaturated/α-hetero) is 2. The summed E-state index contributed by atoms with van der Waals surface area (Å²) in [4.78, 5) is 40.1. The second-order valence-electron chi connectivity index (χ2n) is 7.00. The third kappa shape index (κ3) is 3.86. The molecule has 1 aliphatic rings. The molecule has 1 fully saturated rings. The van der Waals surface area contributed by atoms with Gasteiger partial charge in [-0.05, 0) is 25.5 Å². The Morgan fingerprint density at radius 1 is 1.30 bits per heavy atom. The van der Waals surface area contributed by atoms with Crippen LogP contribution in [-0.2, 0) is 14.4 Å². The standard InChI is InChI=1S/C21H24ClNO4/c1-6-8-13-9-14(22)18(17(10-13)27-5)19-15(24)11-21(7-2,12-16(19)25)20(26)23(3)4/h9-10,19H,7,11-12H2,1-5H3. The Labute approximate surface area is 165 Å². The van der Waals surface area contributed by atoms with E-state index in [1.807, 2.05) is 6.92 Å². The van der Waals surface area contributed by atoms with Crippen LogP contribution in [0.1, 0.15) is 50.2 Å². The Morgan fingerprint density at radius 3 is 2.33 bits per heavy atom. The van der Waals surface area contributed by atoms with Crippen molar-refractivity contribution in [2.45, 2.75) is 39.0 Å². The van der Waals surface area contributed by atoms with Gasteiger partial charge in [0.15, 0.2) is 0 Å². The van der Waals surface area contributed by atoms with E-state index in [0.29, 0.717) is 23.3 Å². The number of nitrogens with zero attached hydrogens (tertiary/aromatic N) is 1. The van der Waals surface area contributed by atoms with Crippen LogP contribution < -0.4 is 4.74 Å². The number of halogens is 1. The van der Waals surface area contributed by atoms with Gasteiger partial charge in [-0.2, -0.15) is 0 Å². The molecule has 1 aliphatic carbocycles. The van der Waals surface area contributed by atoms with E-state index in [1.54, 1.807) is 33.2 Å². The van der Waals surface area contributed by atoms with Crippen LogP contribution in [0.2, 0.25) is 5.02 Å². The molecule has 0 radical (unpaired) electrons. The van der Waals surface area contributed by atoms with Crippen molar-refractivity contribution in [1.82, 2.24) is 4.90 Å². The average molecular weight is 390 g/mol. The van der Waals surface area contributed by atoms with Crippen molar-refractivity contribution in [3.8, 4) is 17.6 Å². The molecule has 0 bridgehead atoms. The lowest BCUT2D eigenvalue weighted by Crippen LogP contribution is -2.48. The maximum Gasteiger partial charge on any atom is 0.229 e. The molecule has 0 N–H and O–H groups in total. The van der Waals surface area contributed by atoms with Gasteiger partial charge in [0, 0.05) is 43.1 Å². The van der Waals surface area contributed by atoms with E-state index in [1.165, 1.54) is 12.0 Å². The minimum absolute atomic E-state index is 0.00687. The molecule has 1 saturated carbocycles. The lowest BCUT2D eigenvalue weighted by Gasteiger charge is -2.38.